The Morgan fingerprint density at radius 2 is 1.50 bits per heavy atom. The van der Waals surface area contributed by atoms with Crippen LogP contribution in [0.2, 0.25) is 0 Å². The summed E-state index contributed by atoms with van der Waals surface area (Å²) in [5, 5.41) is 12.7. The van der Waals surface area contributed by atoms with Crippen LogP contribution in [0.5, 0.6) is 0 Å². The van der Waals surface area contributed by atoms with E-state index in [9.17, 15) is 0 Å². The van der Waals surface area contributed by atoms with Crippen LogP contribution in [0, 0.1) is 0 Å². The largest absolute Gasteiger partial charge is 0.396 e. The Morgan fingerprint density at radius 3 is 1.86 bits per heavy atom. The zero-order valence-corrected chi connectivity index (χ0v) is 10.1. The molecule has 14 heavy (non-hydrogen) atoms. The summed E-state index contributed by atoms with van der Waals surface area (Å²) in [6.07, 6.45) is 6.81. The van der Waals surface area contributed by atoms with Gasteiger partial charge in [0.1, 0.15) is 0 Å². The summed E-state index contributed by atoms with van der Waals surface area (Å²) >= 11 is 0. The van der Waals surface area contributed by atoms with Crippen LogP contribution in [0.25, 0.3) is 0 Å². The standard InChI is InChI=1S/C12H27NO/c1-4-7-12(8-5-2,9-11-14)13-10-6-3/h13-14H,4-11H2,1-3H3. The van der Waals surface area contributed by atoms with E-state index in [-0.39, 0.29) is 5.54 Å². The molecule has 0 aliphatic rings. The lowest BCUT2D eigenvalue weighted by molar-refractivity contribution is 0.187. The summed E-state index contributed by atoms with van der Waals surface area (Å²) in [5.41, 5.74) is 0.203. The average molecular weight is 201 g/mol. The molecule has 0 bridgehead atoms. The monoisotopic (exact) mass is 201 g/mol. The van der Waals surface area contributed by atoms with Gasteiger partial charge in [-0.1, -0.05) is 33.6 Å². The van der Waals surface area contributed by atoms with E-state index in [0.717, 1.165) is 13.0 Å². The third-order valence-electron chi connectivity index (χ3n) is 2.80. The highest BCUT2D eigenvalue weighted by Crippen LogP contribution is 2.23. The molecule has 0 aliphatic carbocycles. The number of hydrogen-bond donors (Lipinski definition) is 2. The van der Waals surface area contributed by atoms with Crippen molar-refractivity contribution >= 4 is 0 Å². The van der Waals surface area contributed by atoms with Crippen LogP contribution in [0.1, 0.15) is 59.3 Å². The van der Waals surface area contributed by atoms with Crippen LogP contribution in [-0.2, 0) is 0 Å². The molecule has 86 valence electrons. The summed E-state index contributed by atoms with van der Waals surface area (Å²) in [7, 11) is 0. The van der Waals surface area contributed by atoms with Crippen molar-refractivity contribution in [1.82, 2.24) is 5.32 Å². The van der Waals surface area contributed by atoms with Gasteiger partial charge in [0.2, 0.25) is 0 Å². The molecule has 2 N–H and O–H groups in total. The summed E-state index contributed by atoms with van der Waals surface area (Å²) < 4.78 is 0. The summed E-state index contributed by atoms with van der Waals surface area (Å²) in [6.45, 7) is 8.00. The van der Waals surface area contributed by atoms with Gasteiger partial charge in [0, 0.05) is 12.1 Å². The number of aliphatic hydroxyl groups excluding tert-OH is 1. The molecule has 0 saturated carbocycles. The van der Waals surface area contributed by atoms with E-state index in [4.69, 9.17) is 5.11 Å². The normalized spacial score (nSPS) is 12.0. The highest BCUT2D eigenvalue weighted by Gasteiger charge is 2.26. The maximum absolute atomic E-state index is 9.11. The van der Waals surface area contributed by atoms with Gasteiger partial charge in [0.25, 0.3) is 0 Å². The number of aliphatic hydroxyl groups is 1. The summed E-state index contributed by atoms with van der Waals surface area (Å²) in [5.74, 6) is 0. The minimum atomic E-state index is 0.203. The molecule has 0 aromatic carbocycles. The van der Waals surface area contributed by atoms with Crippen molar-refractivity contribution in [3.8, 4) is 0 Å². The van der Waals surface area contributed by atoms with Crippen LogP contribution in [0.4, 0.5) is 0 Å². The van der Waals surface area contributed by atoms with Crippen molar-refractivity contribution in [1.29, 1.82) is 0 Å². The van der Waals surface area contributed by atoms with Crippen molar-refractivity contribution in [3.05, 3.63) is 0 Å². The first-order valence-corrected chi connectivity index (χ1v) is 6.10. The van der Waals surface area contributed by atoms with Crippen molar-refractivity contribution in [3.63, 3.8) is 0 Å². The van der Waals surface area contributed by atoms with E-state index in [1.54, 1.807) is 0 Å². The molecule has 0 heterocycles. The van der Waals surface area contributed by atoms with Gasteiger partial charge in [-0.25, -0.2) is 0 Å². The van der Waals surface area contributed by atoms with E-state index in [1.165, 1.54) is 32.1 Å². The van der Waals surface area contributed by atoms with Gasteiger partial charge in [-0.05, 0) is 32.2 Å². The first-order chi connectivity index (χ1) is 6.74. The average Bonchev–Trinajstić information content (AvgIpc) is 2.16. The molecular weight excluding hydrogens is 174 g/mol. The molecule has 0 fully saturated rings. The molecule has 0 aromatic rings. The molecule has 0 radical (unpaired) electrons. The second-order valence-electron chi connectivity index (χ2n) is 4.18. The second kappa shape index (κ2) is 8.25. The van der Waals surface area contributed by atoms with Crippen LogP contribution >= 0.6 is 0 Å². The lowest BCUT2D eigenvalue weighted by atomic mass is 9.85. The fraction of sp³-hybridized carbons (Fsp3) is 1.00. The lowest BCUT2D eigenvalue weighted by Crippen LogP contribution is -2.46. The van der Waals surface area contributed by atoms with Crippen molar-refractivity contribution < 1.29 is 5.11 Å². The maximum atomic E-state index is 9.11. The smallest absolute Gasteiger partial charge is 0.0448 e. The Morgan fingerprint density at radius 1 is 0.929 bits per heavy atom. The van der Waals surface area contributed by atoms with Gasteiger partial charge in [0.05, 0.1) is 0 Å². The Hall–Kier alpha value is -0.0800. The molecule has 2 heteroatoms. The van der Waals surface area contributed by atoms with Gasteiger partial charge < -0.3 is 10.4 Å². The Kier molecular flexibility index (Phi) is 8.20. The Bertz CT molecular complexity index is 108. The topological polar surface area (TPSA) is 32.3 Å². The molecule has 0 rings (SSSR count). The zero-order valence-electron chi connectivity index (χ0n) is 10.1. The van der Waals surface area contributed by atoms with Crippen molar-refractivity contribution in [2.75, 3.05) is 13.2 Å². The van der Waals surface area contributed by atoms with Crippen LogP contribution in [0.3, 0.4) is 0 Å². The van der Waals surface area contributed by atoms with Gasteiger partial charge >= 0.3 is 0 Å². The second-order valence-corrected chi connectivity index (χ2v) is 4.18. The molecule has 0 aliphatic heterocycles. The number of hydrogen-bond acceptors (Lipinski definition) is 2. The number of rotatable bonds is 9. The quantitative estimate of drug-likeness (QED) is 0.601. The zero-order chi connectivity index (χ0) is 10.9. The van der Waals surface area contributed by atoms with Crippen LogP contribution < -0.4 is 5.32 Å². The third kappa shape index (κ3) is 4.97. The van der Waals surface area contributed by atoms with E-state index in [0.29, 0.717) is 6.61 Å². The molecule has 0 amide bonds. The summed E-state index contributed by atoms with van der Waals surface area (Å²) in [6, 6.07) is 0. The van der Waals surface area contributed by atoms with E-state index in [1.807, 2.05) is 0 Å². The third-order valence-corrected chi connectivity index (χ3v) is 2.80. The Balaban J connectivity index is 4.21. The molecule has 0 saturated heterocycles. The van der Waals surface area contributed by atoms with Gasteiger partial charge in [-0.3, -0.25) is 0 Å². The minimum Gasteiger partial charge on any atom is -0.396 e. The predicted octanol–water partition coefficient (Wildman–Crippen LogP) is 2.71. The molecule has 0 unspecified atom stereocenters. The van der Waals surface area contributed by atoms with Gasteiger partial charge in [-0.15, -0.1) is 0 Å². The van der Waals surface area contributed by atoms with Crippen molar-refractivity contribution in [2.24, 2.45) is 0 Å². The number of nitrogens with one attached hydrogen (secondary N) is 1. The Labute approximate surface area is 89.1 Å². The van der Waals surface area contributed by atoms with Crippen LogP contribution in [0.15, 0.2) is 0 Å². The van der Waals surface area contributed by atoms with E-state index >= 15 is 0 Å². The molecule has 2 nitrogen and oxygen atoms in total. The fourth-order valence-corrected chi connectivity index (χ4v) is 2.20. The molecule has 0 aromatic heterocycles. The first kappa shape index (κ1) is 13.9. The SMILES string of the molecule is CCCNC(CCC)(CCC)CCO. The summed E-state index contributed by atoms with van der Waals surface area (Å²) in [4.78, 5) is 0. The highest BCUT2D eigenvalue weighted by molar-refractivity contribution is 4.86. The molecular formula is C12H27NO. The maximum Gasteiger partial charge on any atom is 0.0448 e. The van der Waals surface area contributed by atoms with Crippen molar-refractivity contribution in [2.45, 2.75) is 64.8 Å². The molecule has 0 spiro atoms. The lowest BCUT2D eigenvalue weighted by Gasteiger charge is -2.34. The van der Waals surface area contributed by atoms with E-state index < -0.39 is 0 Å². The highest BCUT2D eigenvalue weighted by atomic mass is 16.3. The van der Waals surface area contributed by atoms with Gasteiger partial charge in [-0.2, -0.15) is 0 Å². The predicted molar refractivity (Wildman–Crippen MR) is 62.5 cm³/mol. The first-order valence-electron chi connectivity index (χ1n) is 6.10. The van der Waals surface area contributed by atoms with Crippen LogP contribution in [-0.4, -0.2) is 23.8 Å². The van der Waals surface area contributed by atoms with Gasteiger partial charge in [0.15, 0.2) is 0 Å². The molecule has 0 atom stereocenters. The fourth-order valence-electron chi connectivity index (χ4n) is 2.20. The van der Waals surface area contributed by atoms with E-state index in [2.05, 4.69) is 26.1 Å². The minimum absolute atomic E-state index is 0.203.